The van der Waals surface area contributed by atoms with Crippen LogP contribution < -0.4 is 0 Å². The second-order valence-corrected chi connectivity index (χ2v) is 2.83. The molecule has 0 aromatic carbocycles. The fraction of sp³-hybridized carbons (Fsp3) is 1.00. The fourth-order valence-electron chi connectivity index (χ4n) is 0.997. The van der Waals surface area contributed by atoms with E-state index >= 15 is 0 Å². The minimum absolute atomic E-state index is 0.775. The van der Waals surface area contributed by atoms with E-state index in [1.165, 1.54) is 0 Å². The van der Waals surface area contributed by atoms with Crippen LogP contribution in [0.15, 0.2) is 0 Å². The summed E-state index contributed by atoms with van der Waals surface area (Å²) in [5.74, 6) is 0. The lowest BCUT2D eigenvalue weighted by Crippen LogP contribution is -2.68. The van der Waals surface area contributed by atoms with Gasteiger partial charge in [-0.2, -0.15) is 0 Å². The van der Waals surface area contributed by atoms with E-state index in [0.29, 0.717) is 0 Å². The Labute approximate surface area is 103 Å². The van der Waals surface area contributed by atoms with E-state index in [1.54, 1.807) is 0 Å². The quantitative estimate of drug-likeness (QED) is 0.321. The van der Waals surface area contributed by atoms with Gasteiger partial charge >= 0.3 is 5.66 Å². The van der Waals surface area contributed by atoms with Gasteiger partial charge in [-0.1, -0.05) is 10.0 Å². The van der Waals surface area contributed by atoms with Crippen molar-refractivity contribution in [2.45, 2.75) is 5.66 Å². The van der Waals surface area contributed by atoms with Gasteiger partial charge in [-0.25, -0.2) is 20.2 Å². The molecule has 1 rings (SSSR count). The van der Waals surface area contributed by atoms with Crippen LogP contribution in [0.5, 0.6) is 0 Å². The molecule has 0 atom stereocenters. The van der Waals surface area contributed by atoms with Crippen LogP contribution in [0.4, 0.5) is 0 Å². The molecule has 1 aliphatic rings. The van der Waals surface area contributed by atoms with Crippen LogP contribution in [0, 0.1) is 40.5 Å². The SMILES string of the molecule is [2H]C1([2H])N([N+](=O)[O-])CN([N+](=O)[O-])C([2H])([2H])C1([N+](=O)[O-])[N+](=O)[O-]. The Balaban J connectivity index is 3.84. The van der Waals surface area contributed by atoms with Crippen LogP contribution >= 0.6 is 0 Å². The van der Waals surface area contributed by atoms with Crippen molar-refractivity contribution in [1.82, 2.24) is 10.0 Å². The van der Waals surface area contributed by atoms with Gasteiger partial charge in [-0.15, -0.1) is 0 Å². The molecule has 0 N–H and O–H groups in total. The van der Waals surface area contributed by atoms with Crippen molar-refractivity contribution in [2.24, 2.45) is 0 Å². The van der Waals surface area contributed by atoms with E-state index in [1.807, 2.05) is 0 Å². The van der Waals surface area contributed by atoms with E-state index in [-0.39, 0.29) is 0 Å². The first-order valence-electron chi connectivity index (χ1n) is 5.89. The predicted molar refractivity (Wildman–Crippen MR) is 49.0 cm³/mol. The van der Waals surface area contributed by atoms with Crippen LogP contribution in [0.25, 0.3) is 0 Å². The van der Waals surface area contributed by atoms with Gasteiger partial charge in [0.25, 0.3) is 0 Å². The lowest BCUT2D eigenvalue weighted by atomic mass is 10.1. The summed E-state index contributed by atoms with van der Waals surface area (Å²) in [7, 11) is 0. The molecule has 0 saturated carbocycles. The maximum Gasteiger partial charge on any atom is 0.503 e. The highest BCUT2D eigenvalue weighted by molar-refractivity contribution is 4.76. The third-order valence-corrected chi connectivity index (χ3v) is 1.76. The molecule has 1 saturated heterocycles. The summed E-state index contributed by atoms with van der Waals surface area (Å²) < 4.78 is 29.4. The van der Waals surface area contributed by atoms with Crippen molar-refractivity contribution >= 4 is 0 Å². The first-order valence-corrected chi connectivity index (χ1v) is 3.89. The zero-order valence-corrected chi connectivity index (χ0v) is 8.16. The minimum Gasteiger partial charge on any atom is -0.258 e. The molecular formula is C4H6N6O8. The third kappa shape index (κ3) is 2.02. The number of rotatable bonds is 4. The van der Waals surface area contributed by atoms with Gasteiger partial charge in [0.15, 0.2) is 10.1 Å². The smallest absolute Gasteiger partial charge is 0.258 e. The van der Waals surface area contributed by atoms with Crippen LogP contribution in [0.3, 0.4) is 0 Å². The molecule has 14 heteroatoms. The van der Waals surface area contributed by atoms with Crippen molar-refractivity contribution in [1.29, 1.82) is 0 Å². The molecule has 1 aliphatic heterocycles. The molecule has 14 nitrogen and oxygen atoms in total. The molecule has 0 radical (unpaired) electrons. The lowest BCUT2D eigenvalue weighted by molar-refractivity contribution is -0.837. The summed E-state index contributed by atoms with van der Waals surface area (Å²) in [4.78, 5) is 39.5. The molecular weight excluding hydrogens is 260 g/mol. The first-order chi connectivity index (χ1) is 9.76. The predicted octanol–water partition coefficient (Wildman–Crippen LogP) is -1.81. The van der Waals surface area contributed by atoms with Crippen LogP contribution in [0.2, 0.25) is 0 Å². The summed E-state index contributed by atoms with van der Waals surface area (Å²) in [5, 5.41) is 38.8. The Kier molecular flexibility index (Phi) is 1.95. The molecule has 1 heterocycles. The fourth-order valence-corrected chi connectivity index (χ4v) is 0.997. The van der Waals surface area contributed by atoms with Crippen LogP contribution in [-0.4, -0.2) is 55.3 Å². The van der Waals surface area contributed by atoms with Gasteiger partial charge in [0.1, 0.15) is 9.85 Å². The van der Waals surface area contributed by atoms with E-state index < -0.39 is 55.3 Å². The monoisotopic (exact) mass is 270 g/mol. The number of hydrazine groups is 2. The second kappa shape index (κ2) is 4.22. The van der Waals surface area contributed by atoms with E-state index in [0.717, 1.165) is 0 Å². The molecule has 1 fully saturated rings. The molecule has 0 aromatic heterocycles. The maximum absolute atomic E-state index is 11.1. The van der Waals surface area contributed by atoms with E-state index in [4.69, 9.17) is 5.48 Å². The Morgan fingerprint density at radius 3 is 1.44 bits per heavy atom. The van der Waals surface area contributed by atoms with Crippen LogP contribution in [0.1, 0.15) is 5.48 Å². The van der Waals surface area contributed by atoms with Crippen molar-refractivity contribution in [3.8, 4) is 0 Å². The molecule has 0 spiro atoms. The normalized spacial score (nSPS) is 27.1. The number of nitrogens with zero attached hydrogens (tertiary/aromatic N) is 6. The van der Waals surface area contributed by atoms with Gasteiger partial charge in [-0.05, 0) is 0 Å². The maximum atomic E-state index is 11.1. The van der Waals surface area contributed by atoms with E-state index in [2.05, 4.69) is 0 Å². The summed E-state index contributed by atoms with van der Waals surface area (Å²) in [6, 6.07) is 0. The average Bonchev–Trinajstić information content (AvgIpc) is 2.24. The lowest BCUT2D eigenvalue weighted by Gasteiger charge is -2.28. The standard InChI is InChI=1S/C4H6N6O8/c11-7(12)4(8(13)14)1-5(9(15)16)3-6(2-4)10(17)18/h1-3H2/i1D2,2D2. The molecule has 0 aliphatic carbocycles. The van der Waals surface area contributed by atoms with Crippen molar-refractivity contribution < 1.29 is 25.4 Å². The highest BCUT2D eigenvalue weighted by Crippen LogP contribution is 2.21. The zero-order valence-electron chi connectivity index (χ0n) is 12.2. The summed E-state index contributed by atoms with van der Waals surface area (Å²) in [6.45, 7) is -9.91. The zero-order chi connectivity index (χ0) is 17.7. The molecule has 0 aromatic rings. The largest absolute Gasteiger partial charge is 0.503 e. The number of nitro groups is 4. The third-order valence-electron chi connectivity index (χ3n) is 1.76. The van der Waals surface area contributed by atoms with Crippen LogP contribution in [-0.2, 0) is 0 Å². The second-order valence-electron chi connectivity index (χ2n) is 2.83. The number of hydrogen-bond donors (Lipinski definition) is 0. The Morgan fingerprint density at radius 2 is 1.22 bits per heavy atom. The molecule has 18 heavy (non-hydrogen) atoms. The summed E-state index contributed by atoms with van der Waals surface area (Å²) in [6.07, 6.45) is 0. The van der Waals surface area contributed by atoms with Crippen molar-refractivity contribution in [2.75, 3.05) is 19.7 Å². The van der Waals surface area contributed by atoms with Gasteiger partial charge in [0.05, 0.1) is 5.48 Å². The molecule has 0 amide bonds. The van der Waals surface area contributed by atoms with Crippen molar-refractivity contribution in [3.63, 3.8) is 0 Å². The molecule has 0 unspecified atom stereocenters. The summed E-state index contributed by atoms with van der Waals surface area (Å²) in [5.41, 5.74) is -4.54. The van der Waals surface area contributed by atoms with Gasteiger partial charge in [-0.3, -0.25) is 20.2 Å². The van der Waals surface area contributed by atoms with Crippen molar-refractivity contribution in [3.05, 3.63) is 40.5 Å². The van der Waals surface area contributed by atoms with Gasteiger partial charge < -0.3 is 0 Å². The highest BCUT2D eigenvalue weighted by atomic mass is 16.7. The Morgan fingerprint density at radius 1 is 0.889 bits per heavy atom. The number of hydrogen-bond acceptors (Lipinski definition) is 8. The Hall–Kier alpha value is -2.80. The topological polar surface area (TPSA) is 179 Å². The molecule has 100 valence electrons. The Bertz CT molecular complexity index is 519. The minimum atomic E-state index is -4.54. The highest BCUT2D eigenvalue weighted by Gasteiger charge is 2.66. The summed E-state index contributed by atoms with van der Waals surface area (Å²) >= 11 is 0. The average molecular weight is 270 g/mol. The first kappa shape index (κ1) is 8.31. The molecule has 0 bridgehead atoms. The van der Waals surface area contributed by atoms with Gasteiger partial charge in [0.2, 0.25) is 19.7 Å². The van der Waals surface area contributed by atoms with E-state index in [9.17, 15) is 40.5 Å². The van der Waals surface area contributed by atoms with Gasteiger partial charge in [0, 0.05) is 0 Å².